The fraction of sp³-hybridized carbons (Fsp3) is 0.786. The van der Waals surface area contributed by atoms with E-state index >= 15 is 0 Å². The van der Waals surface area contributed by atoms with Crippen molar-refractivity contribution in [2.24, 2.45) is 17.8 Å². The number of carboxylic acids is 1. The van der Waals surface area contributed by atoms with Gasteiger partial charge in [-0.1, -0.05) is 0 Å². The van der Waals surface area contributed by atoms with Gasteiger partial charge in [0.15, 0.2) is 5.78 Å². The summed E-state index contributed by atoms with van der Waals surface area (Å²) in [5.74, 6) is -1.82. The zero-order valence-corrected chi connectivity index (χ0v) is 10.7. The number of carboxylic acid groups (broad SMARTS) is 1. The molecule has 0 N–H and O–H groups in total. The van der Waals surface area contributed by atoms with Crippen molar-refractivity contribution in [1.29, 1.82) is 0 Å². The minimum atomic E-state index is -1.82. The van der Waals surface area contributed by atoms with Gasteiger partial charge >= 0.3 is 5.97 Å². The van der Waals surface area contributed by atoms with E-state index in [4.69, 9.17) is 4.74 Å². The molecule has 0 unspecified atom stereocenters. The van der Waals surface area contributed by atoms with Crippen molar-refractivity contribution in [3.63, 3.8) is 0 Å². The molecular weight excluding hydrogens is 248 g/mol. The molecule has 4 aliphatic rings. The maximum atomic E-state index is 11.7. The Morgan fingerprint density at radius 3 is 1.89 bits per heavy atom. The first-order valence-electron chi connectivity index (χ1n) is 6.92. The summed E-state index contributed by atoms with van der Waals surface area (Å²) in [5.41, 5.74) is -0.419. The Morgan fingerprint density at radius 1 is 1.00 bits per heavy atom. The quantitative estimate of drug-likeness (QED) is 0.412. The van der Waals surface area contributed by atoms with Crippen LogP contribution in [0.1, 0.15) is 44.9 Å². The van der Waals surface area contributed by atoms with E-state index < -0.39 is 29.7 Å². The number of carbonyl (C=O) groups is 3. The molecule has 0 aromatic heterocycles. The van der Waals surface area contributed by atoms with E-state index in [0.717, 1.165) is 19.3 Å². The fourth-order valence-electron chi connectivity index (χ4n) is 4.64. The number of rotatable bonds is 4. The van der Waals surface area contributed by atoms with Gasteiger partial charge in [0.25, 0.3) is 0 Å². The third-order valence-electron chi connectivity index (χ3n) is 4.84. The first-order chi connectivity index (χ1) is 8.96. The van der Waals surface area contributed by atoms with Crippen LogP contribution in [0.3, 0.4) is 0 Å². The number of ether oxygens (including phenoxy) is 1. The van der Waals surface area contributed by atoms with Gasteiger partial charge in [-0.2, -0.15) is 0 Å². The lowest BCUT2D eigenvalue weighted by Crippen LogP contribution is -2.53. The van der Waals surface area contributed by atoms with E-state index in [1.54, 1.807) is 0 Å². The zero-order valence-electron chi connectivity index (χ0n) is 10.7. The van der Waals surface area contributed by atoms with Crippen molar-refractivity contribution in [1.82, 2.24) is 0 Å². The van der Waals surface area contributed by atoms with Gasteiger partial charge in [0.05, 0.1) is 0 Å². The van der Waals surface area contributed by atoms with E-state index in [9.17, 15) is 19.5 Å². The molecule has 4 fully saturated rings. The molecule has 19 heavy (non-hydrogen) atoms. The van der Waals surface area contributed by atoms with Crippen LogP contribution >= 0.6 is 0 Å². The fourth-order valence-corrected chi connectivity index (χ4v) is 4.64. The van der Waals surface area contributed by atoms with Gasteiger partial charge in [-0.15, -0.1) is 0 Å². The molecular formula is C14H17O5-. The van der Waals surface area contributed by atoms with Gasteiger partial charge in [0, 0.05) is 0 Å². The molecule has 5 heteroatoms. The second-order valence-corrected chi connectivity index (χ2v) is 6.46. The van der Waals surface area contributed by atoms with Crippen molar-refractivity contribution in [3.05, 3.63) is 0 Å². The van der Waals surface area contributed by atoms with Crippen LogP contribution in [0.15, 0.2) is 0 Å². The van der Waals surface area contributed by atoms with Crippen LogP contribution in [-0.2, 0) is 19.1 Å². The maximum Gasteiger partial charge on any atom is 0.314 e. The van der Waals surface area contributed by atoms with E-state index in [-0.39, 0.29) is 0 Å². The second-order valence-electron chi connectivity index (χ2n) is 6.46. The van der Waals surface area contributed by atoms with Gasteiger partial charge in [0.2, 0.25) is 0 Å². The molecule has 104 valence electrons. The maximum absolute atomic E-state index is 11.7. The van der Waals surface area contributed by atoms with Crippen molar-refractivity contribution >= 4 is 17.7 Å². The Hall–Kier alpha value is -1.39. The summed E-state index contributed by atoms with van der Waals surface area (Å²) in [6, 6.07) is 0. The largest absolute Gasteiger partial charge is 0.542 e. The number of ketones is 1. The summed E-state index contributed by atoms with van der Waals surface area (Å²) in [6.07, 6.45) is 5.63. The van der Waals surface area contributed by atoms with Crippen LogP contribution in [0, 0.1) is 17.8 Å². The standard InChI is InChI=1S/C14H18O5/c15-11(13(17)18)4-12(16)19-14-5-8-1-9(6-14)3-10(2-8)7-14/h8-10H,1-7H2,(H,17,18)/p-1. The van der Waals surface area contributed by atoms with Gasteiger partial charge < -0.3 is 14.6 Å². The van der Waals surface area contributed by atoms with E-state index in [2.05, 4.69) is 0 Å². The Labute approximate surface area is 111 Å². The van der Waals surface area contributed by atoms with Crippen LogP contribution in [0.4, 0.5) is 0 Å². The smallest absolute Gasteiger partial charge is 0.314 e. The highest BCUT2D eigenvalue weighted by Crippen LogP contribution is 2.57. The van der Waals surface area contributed by atoms with E-state index in [1.165, 1.54) is 19.3 Å². The molecule has 0 amide bonds. The van der Waals surface area contributed by atoms with E-state index in [0.29, 0.717) is 17.8 Å². The monoisotopic (exact) mass is 265 g/mol. The van der Waals surface area contributed by atoms with Crippen molar-refractivity contribution in [2.75, 3.05) is 0 Å². The van der Waals surface area contributed by atoms with Crippen molar-refractivity contribution < 1.29 is 24.2 Å². The molecule has 4 bridgehead atoms. The number of aliphatic carboxylic acids is 1. The molecule has 0 aromatic rings. The van der Waals surface area contributed by atoms with Gasteiger partial charge in [-0.05, 0) is 56.3 Å². The molecule has 4 saturated carbocycles. The first-order valence-corrected chi connectivity index (χ1v) is 6.92. The summed E-state index contributed by atoms with van der Waals surface area (Å²) >= 11 is 0. The highest BCUT2D eigenvalue weighted by molar-refractivity contribution is 6.34. The highest BCUT2D eigenvalue weighted by atomic mass is 16.6. The van der Waals surface area contributed by atoms with Gasteiger partial charge in [-0.3, -0.25) is 9.59 Å². The normalized spacial score (nSPS) is 39.1. The average molecular weight is 265 g/mol. The summed E-state index contributed by atoms with van der Waals surface area (Å²) in [4.78, 5) is 33.0. The molecule has 0 atom stereocenters. The van der Waals surface area contributed by atoms with Crippen LogP contribution in [0.5, 0.6) is 0 Å². The van der Waals surface area contributed by atoms with Gasteiger partial charge in [-0.25, -0.2) is 0 Å². The molecule has 4 rings (SSSR count). The minimum absolute atomic E-state index is 0.419. The van der Waals surface area contributed by atoms with Crippen LogP contribution in [0.25, 0.3) is 0 Å². The Balaban J connectivity index is 1.64. The predicted octanol–water partition coefficient (Wildman–Crippen LogP) is 0.207. The Bertz CT molecular complexity index is 404. The molecule has 0 spiro atoms. The first kappa shape index (κ1) is 12.6. The van der Waals surface area contributed by atoms with Gasteiger partial charge in [0.1, 0.15) is 18.0 Å². The predicted molar refractivity (Wildman–Crippen MR) is 61.6 cm³/mol. The molecule has 4 aliphatic carbocycles. The summed E-state index contributed by atoms with van der Waals surface area (Å²) in [6.45, 7) is 0. The van der Waals surface area contributed by atoms with Crippen molar-refractivity contribution in [3.8, 4) is 0 Å². The number of hydrogen-bond acceptors (Lipinski definition) is 5. The SMILES string of the molecule is O=C(CC(=O)C(=O)[O-])OC12CC3CC(CC(C3)C1)C2. The second kappa shape index (κ2) is 4.32. The molecule has 5 nitrogen and oxygen atoms in total. The molecule has 0 aromatic carbocycles. The lowest BCUT2D eigenvalue weighted by molar-refractivity contribution is -0.300. The van der Waals surface area contributed by atoms with Crippen molar-refractivity contribution in [2.45, 2.75) is 50.5 Å². The lowest BCUT2D eigenvalue weighted by Gasteiger charge is -2.55. The molecule has 0 heterocycles. The topological polar surface area (TPSA) is 83.5 Å². The number of carbonyl (C=O) groups excluding carboxylic acids is 3. The third kappa shape index (κ3) is 2.38. The minimum Gasteiger partial charge on any atom is -0.542 e. The molecule has 0 radical (unpaired) electrons. The number of Topliss-reactive ketones (excluding diaryl/α,β-unsaturated/α-hetero) is 1. The molecule has 0 saturated heterocycles. The summed E-state index contributed by atoms with van der Waals surface area (Å²) in [5, 5.41) is 10.3. The Morgan fingerprint density at radius 2 is 1.47 bits per heavy atom. The zero-order chi connectivity index (χ0) is 13.6. The third-order valence-corrected chi connectivity index (χ3v) is 4.84. The highest BCUT2D eigenvalue weighted by Gasteiger charge is 2.53. The van der Waals surface area contributed by atoms with Crippen LogP contribution in [0.2, 0.25) is 0 Å². The molecule has 0 aliphatic heterocycles. The van der Waals surface area contributed by atoms with Crippen LogP contribution < -0.4 is 5.11 Å². The summed E-state index contributed by atoms with van der Waals surface area (Å²) < 4.78 is 5.52. The number of esters is 1. The summed E-state index contributed by atoms with van der Waals surface area (Å²) in [7, 11) is 0. The van der Waals surface area contributed by atoms with Crippen LogP contribution in [-0.4, -0.2) is 23.3 Å². The van der Waals surface area contributed by atoms with E-state index in [1.807, 2.05) is 0 Å². The average Bonchev–Trinajstić information content (AvgIpc) is 2.25. The Kier molecular flexibility index (Phi) is 2.87. The lowest BCUT2D eigenvalue weighted by atomic mass is 9.54. The number of hydrogen-bond donors (Lipinski definition) is 0.